The lowest BCUT2D eigenvalue weighted by atomic mass is 10.2. The Bertz CT molecular complexity index is 769. The first-order valence-electron chi connectivity index (χ1n) is 7.88. The number of nitrogens with one attached hydrogen (secondary N) is 2. The maximum Gasteiger partial charge on any atom is 0.243 e. The summed E-state index contributed by atoms with van der Waals surface area (Å²) in [7, 11) is 0. The summed E-state index contributed by atoms with van der Waals surface area (Å²) < 4.78 is 0. The minimum atomic E-state index is -0.289. The molecule has 0 aliphatic rings. The third kappa shape index (κ3) is 6.36. The molecule has 2 rings (SSSR count). The number of hydrogen-bond acceptors (Lipinski definition) is 3. The van der Waals surface area contributed by atoms with E-state index in [0.717, 1.165) is 5.75 Å². The molecular weight excluding hydrogens is 332 g/mol. The summed E-state index contributed by atoms with van der Waals surface area (Å²) in [6.07, 6.45) is 5.33. The van der Waals surface area contributed by atoms with E-state index in [-0.39, 0.29) is 23.6 Å². The number of rotatable bonds is 7. The largest absolute Gasteiger partial charge is 0.346 e. The first-order chi connectivity index (χ1) is 12.1. The second-order valence-corrected chi connectivity index (χ2v) is 6.76. The molecule has 25 heavy (non-hydrogen) atoms. The van der Waals surface area contributed by atoms with Crippen molar-refractivity contribution in [1.82, 2.24) is 5.32 Å². The summed E-state index contributed by atoms with van der Waals surface area (Å²) in [5.74, 6) is 2.81. The van der Waals surface area contributed by atoms with E-state index in [0.29, 0.717) is 11.3 Å². The number of benzene rings is 2. The van der Waals surface area contributed by atoms with Gasteiger partial charge in [0.2, 0.25) is 11.8 Å². The molecule has 0 saturated carbocycles. The predicted octanol–water partition coefficient (Wildman–Crippen LogP) is 3.04. The van der Waals surface area contributed by atoms with Crippen molar-refractivity contribution >= 4 is 29.3 Å². The van der Waals surface area contributed by atoms with Gasteiger partial charge in [-0.1, -0.05) is 42.3 Å². The van der Waals surface area contributed by atoms with Gasteiger partial charge in [0.1, 0.15) is 0 Å². The topological polar surface area (TPSA) is 58.2 Å². The molecule has 2 N–H and O–H groups in total. The highest BCUT2D eigenvalue weighted by atomic mass is 32.2. The second-order valence-electron chi connectivity index (χ2n) is 5.43. The Morgan fingerprint density at radius 1 is 1.16 bits per heavy atom. The van der Waals surface area contributed by atoms with Crippen LogP contribution in [-0.2, 0) is 15.3 Å². The van der Waals surface area contributed by atoms with E-state index < -0.39 is 0 Å². The van der Waals surface area contributed by atoms with Gasteiger partial charge in [0.15, 0.2) is 0 Å². The van der Waals surface area contributed by atoms with Gasteiger partial charge >= 0.3 is 0 Å². The predicted molar refractivity (Wildman–Crippen MR) is 103 cm³/mol. The monoisotopic (exact) mass is 352 g/mol. The van der Waals surface area contributed by atoms with Gasteiger partial charge in [-0.2, -0.15) is 0 Å². The molecule has 0 bridgehead atoms. The molecule has 1 atom stereocenters. The number of thioether (sulfide) groups is 1. The van der Waals surface area contributed by atoms with Gasteiger partial charge in [0, 0.05) is 17.0 Å². The Morgan fingerprint density at radius 2 is 1.92 bits per heavy atom. The molecule has 4 nitrogen and oxygen atoms in total. The number of amides is 2. The lowest BCUT2D eigenvalue weighted by Gasteiger charge is -2.12. The number of hydrogen-bond donors (Lipinski definition) is 2. The lowest BCUT2D eigenvalue weighted by molar-refractivity contribution is -0.123. The van der Waals surface area contributed by atoms with Crippen molar-refractivity contribution in [3.8, 4) is 12.3 Å². The van der Waals surface area contributed by atoms with E-state index in [2.05, 4.69) is 16.6 Å². The van der Waals surface area contributed by atoms with Crippen LogP contribution in [0, 0.1) is 12.3 Å². The third-order valence-electron chi connectivity index (χ3n) is 3.45. The Labute approximate surface area is 152 Å². The molecule has 128 valence electrons. The number of carbonyl (C=O) groups is 2. The summed E-state index contributed by atoms with van der Waals surface area (Å²) >= 11 is 1.53. The Kier molecular flexibility index (Phi) is 7.12. The van der Waals surface area contributed by atoms with Crippen LogP contribution in [0.2, 0.25) is 0 Å². The molecule has 0 aliphatic carbocycles. The molecule has 2 aromatic carbocycles. The third-order valence-corrected chi connectivity index (χ3v) is 4.66. The van der Waals surface area contributed by atoms with E-state index in [1.54, 1.807) is 24.3 Å². The molecule has 2 aromatic rings. The molecule has 0 fully saturated rings. The van der Waals surface area contributed by atoms with Gasteiger partial charge in [-0.15, -0.1) is 18.2 Å². The minimum Gasteiger partial charge on any atom is -0.346 e. The van der Waals surface area contributed by atoms with Crippen molar-refractivity contribution < 1.29 is 9.59 Å². The number of carbonyl (C=O) groups excluding carboxylic acids is 2. The zero-order valence-corrected chi connectivity index (χ0v) is 14.8. The SMILES string of the molecule is C#Cc1cccc(NC(=O)CNC(=O)C(C)SCc2ccccc2)c1. The average Bonchev–Trinajstić information content (AvgIpc) is 2.65. The maximum absolute atomic E-state index is 12.1. The zero-order chi connectivity index (χ0) is 18.1. The number of anilines is 1. The summed E-state index contributed by atoms with van der Waals surface area (Å²) in [5, 5.41) is 5.13. The van der Waals surface area contributed by atoms with Gasteiger partial charge in [-0.25, -0.2) is 0 Å². The molecule has 0 heterocycles. The first kappa shape index (κ1) is 18.6. The lowest BCUT2D eigenvalue weighted by Crippen LogP contribution is -2.37. The Balaban J connectivity index is 1.74. The van der Waals surface area contributed by atoms with Crippen LogP contribution in [0.15, 0.2) is 54.6 Å². The smallest absolute Gasteiger partial charge is 0.243 e. The van der Waals surface area contributed by atoms with E-state index in [1.807, 2.05) is 37.3 Å². The normalized spacial score (nSPS) is 11.2. The summed E-state index contributed by atoms with van der Waals surface area (Å²) in [5.41, 5.74) is 2.47. The first-order valence-corrected chi connectivity index (χ1v) is 8.93. The molecule has 0 saturated heterocycles. The summed E-state index contributed by atoms with van der Waals surface area (Å²) in [6, 6.07) is 17.0. The van der Waals surface area contributed by atoms with Gasteiger partial charge < -0.3 is 10.6 Å². The molecular formula is C20H20N2O2S. The summed E-state index contributed by atoms with van der Waals surface area (Å²) in [4.78, 5) is 24.0. The minimum absolute atomic E-state index is 0.0741. The van der Waals surface area contributed by atoms with Gasteiger partial charge in [-0.3, -0.25) is 9.59 Å². The van der Waals surface area contributed by atoms with Crippen molar-refractivity contribution in [3.63, 3.8) is 0 Å². The van der Waals surface area contributed by atoms with Gasteiger partial charge in [0.25, 0.3) is 0 Å². The zero-order valence-electron chi connectivity index (χ0n) is 14.0. The van der Waals surface area contributed by atoms with Gasteiger partial charge in [-0.05, 0) is 30.7 Å². The van der Waals surface area contributed by atoms with Crippen LogP contribution in [-0.4, -0.2) is 23.6 Å². The van der Waals surface area contributed by atoms with E-state index in [1.165, 1.54) is 17.3 Å². The Morgan fingerprint density at radius 3 is 2.64 bits per heavy atom. The van der Waals surface area contributed by atoms with Crippen molar-refractivity contribution in [2.24, 2.45) is 0 Å². The highest BCUT2D eigenvalue weighted by Gasteiger charge is 2.14. The fourth-order valence-electron chi connectivity index (χ4n) is 2.07. The number of terminal acetylenes is 1. The van der Waals surface area contributed by atoms with E-state index >= 15 is 0 Å². The molecule has 2 amide bonds. The van der Waals surface area contributed by atoms with Crippen molar-refractivity contribution in [2.75, 3.05) is 11.9 Å². The molecule has 0 aromatic heterocycles. The van der Waals surface area contributed by atoms with Crippen LogP contribution in [0.4, 0.5) is 5.69 Å². The van der Waals surface area contributed by atoms with Crippen LogP contribution >= 0.6 is 11.8 Å². The highest BCUT2D eigenvalue weighted by molar-refractivity contribution is 7.99. The Hall–Kier alpha value is -2.71. The standard InChI is InChI=1S/C20H20N2O2S/c1-3-16-10-7-11-18(12-16)22-19(23)13-21-20(24)15(2)25-14-17-8-5-4-6-9-17/h1,4-12,15H,13-14H2,2H3,(H,21,24)(H,22,23). The van der Waals surface area contributed by atoms with Crippen molar-refractivity contribution in [1.29, 1.82) is 0 Å². The summed E-state index contributed by atoms with van der Waals surface area (Å²) in [6.45, 7) is 1.76. The molecule has 0 radical (unpaired) electrons. The van der Waals surface area contributed by atoms with Crippen LogP contribution in [0.3, 0.4) is 0 Å². The van der Waals surface area contributed by atoms with Crippen LogP contribution < -0.4 is 10.6 Å². The molecule has 0 spiro atoms. The van der Waals surface area contributed by atoms with Crippen molar-refractivity contribution in [3.05, 3.63) is 65.7 Å². The van der Waals surface area contributed by atoms with Crippen LogP contribution in [0.25, 0.3) is 0 Å². The fraction of sp³-hybridized carbons (Fsp3) is 0.200. The second kappa shape index (κ2) is 9.55. The maximum atomic E-state index is 12.1. The molecule has 1 unspecified atom stereocenters. The average molecular weight is 352 g/mol. The quantitative estimate of drug-likeness (QED) is 0.753. The molecule has 0 aliphatic heterocycles. The molecule has 5 heteroatoms. The van der Waals surface area contributed by atoms with Crippen LogP contribution in [0.5, 0.6) is 0 Å². The highest BCUT2D eigenvalue weighted by Crippen LogP contribution is 2.17. The van der Waals surface area contributed by atoms with Crippen LogP contribution in [0.1, 0.15) is 18.1 Å². The van der Waals surface area contributed by atoms with E-state index in [4.69, 9.17) is 6.42 Å². The van der Waals surface area contributed by atoms with E-state index in [9.17, 15) is 9.59 Å². The fourth-order valence-corrected chi connectivity index (χ4v) is 2.94. The van der Waals surface area contributed by atoms with Crippen molar-refractivity contribution in [2.45, 2.75) is 17.9 Å². The van der Waals surface area contributed by atoms with Gasteiger partial charge in [0.05, 0.1) is 11.8 Å².